The van der Waals surface area contributed by atoms with Gasteiger partial charge in [0.15, 0.2) is 0 Å². The molecule has 1 aromatic heterocycles. The van der Waals surface area contributed by atoms with Crippen LogP contribution in [0.4, 0.5) is 5.69 Å². The second-order valence-electron chi connectivity index (χ2n) is 7.72. The highest BCUT2D eigenvalue weighted by atomic mass is 32.1. The van der Waals surface area contributed by atoms with E-state index in [0.717, 1.165) is 16.6 Å². The van der Waals surface area contributed by atoms with Crippen LogP contribution in [0, 0.1) is 23.2 Å². The molecule has 10 heteroatoms. The van der Waals surface area contributed by atoms with Gasteiger partial charge in [-0.3, -0.25) is 9.59 Å². The molecule has 0 aliphatic carbocycles. The molecule has 1 aromatic carbocycles. The molecule has 3 aliphatic heterocycles. The Balaban J connectivity index is 1.66. The predicted molar refractivity (Wildman–Crippen MR) is 96.2 cm³/mol. The van der Waals surface area contributed by atoms with Gasteiger partial charge in [-0.1, -0.05) is 0 Å². The summed E-state index contributed by atoms with van der Waals surface area (Å²) >= 11 is 0.901. The number of nitrogens with zero attached hydrogens (tertiary/aromatic N) is 4. The van der Waals surface area contributed by atoms with Crippen LogP contribution in [0.3, 0.4) is 0 Å². The van der Waals surface area contributed by atoms with Crippen LogP contribution in [0.1, 0.15) is 25.3 Å². The third kappa shape index (κ3) is 1.89. The molecule has 4 heterocycles. The maximum absolute atomic E-state index is 13.4. The van der Waals surface area contributed by atoms with Crippen LogP contribution < -0.4 is 4.90 Å². The number of nitriles is 1. The van der Waals surface area contributed by atoms with Crippen molar-refractivity contribution in [2.24, 2.45) is 11.8 Å². The molecule has 0 radical (unpaired) electrons. The number of rotatable bonds is 3. The van der Waals surface area contributed by atoms with E-state index >= 15 is 0 Å². The minimum atomic E-state index is -1.19. The van der Waals surface area contributed by atoms with Crippen LogP contribution in [0.5, 0.6) is 0 Å². The maximum Gasteiger partial charge on any atom is 0.240 e. The van der Waals surface area contributed by atoms with Gasteiger partial charge in [0, 0.05) is 19.4 Å². The zero-order valence-electron chi connectivity index (χ0n) is 14.8. The fourth-order valence-electron chi connectivity index (χ4n) is 5.18. The van der Waals surface area contributed by atoms with Gasteiger partial charge < -0.3 is 14.9 Å². The van der Waals surface area contributed by atoms with Gasteiger partial charge in [0.1, 0.15) is 22.7 Å². The molecule has 2 aromatic rings. The van der Waals surface area contributed by atoms with Crippen molar-refractivity contribution in [1.82, 2.24) is 8.75 Å². The van der Waals surface area contributed by atoms with Gasteiger partial charge in [0.25, 0.3) is 0 Å². The Labute approximate surface area is 163 Å². The molecule has 9 nitrogen and oxygen atoms in total. The summed E-state index contributed by atoms with van der Waals surface area (Å²) in [4.78, 5) is 27.8. The average molecular weight is 400 g/mol. The summed E-state index contributed by atoms with van der Waals surface area (Å²) in [6, 6.07) is 5.07. The molecule has 3 saturated heterocycles. The Morgan fingerprint density at radius 1 is 1.32 bits per heavy atom. The van der Waals surface area contributed by atoms with Crippen molar-refractivity contribution in [1.29, 1.82) is 5.26 Å². The number of fused-ring (bicyclic) bond motifs is 6. The number of imide groups is 1. The number of amides is 2. The smallest absolute Gasteiger partial charge is 0.240 e. The first-order chi connectivity index (χ1) is 13.4. The first-order valence-electron chi connectivity index (χ1n) is 8.90. The van der Waals surface area contributed by atoms with Crippen molar-refractivity contribution in [3.63, 3.8) is 0 Å². The molecular formula is C18H16N4O5S. The van der Waals surface area contributed by atoms with E-state index < -0.39 is 41.0 Å². The van der Waals surface area contributed by atoms with Crippen LogP contribution in [0.2, 0.25) is 0 Å². The van der Waals surface area contributed by atoms with Crippen LogP contribution in [0.25, 0.3) is 11.0 Å². The largest absolute Gasteiger partial charge is 0.396 e. The van der Waals surface area contributed by atoms with E-state index in [1.54, 1.807) is 6.92 Å². The Hall–Kier alpha value is -2.45. The number of benzene rings is 1. The minimum absolute atomic E-state index is 0.161. The first-order valence-corrected chi connectivity index (χ1v) is 9.63. The molecule has 3 fully saturated rings. The molecule has 0 unspecified atom stereocenters. The lowest BCUT2D eigenvalue weighted by Crippen LogP contribution is -2.49. The summed E-state index contributed by atoms with van der Waals surface area (Å²) in [6.45, 7) is 1.43. The summed E-state index contributed by atoms with van der Waals surface area (Å²) in [5, 5.41) is 29.3. The predicted octanol–water partition coefficient (Wildman–Crippen LogP) is 0.343. The SMILES string of the molecule is C[C@]12O[C@](CCO)(C[C@@H]1O)[C@H]1C(=O)N(c3ccc(C#N)c4nsnc34)C(=O)[C@H]12. The van der Waals surface area contributed by atoms with Gasteiger partial charge in [-0.2, -0.15) is 14.0 Å². The second kappa shape index (κ2) is 5.55. The number of aliphatic hydroxyl groups is 2. The fourth-order valence-corrected chi connectivity index (χ4v) is 5.74. The van der Waals surface area contributed by atoms with E-state index in [4.69, 9.17) is 4.74 Å². The summed E-state index contributed by atoms with van der Waals surface area (Å²) in [5.41, 5.74) is -0.994. The molecule has 144 valence electrons. The lowest BCUT2D eigenvalue weighted by molar-refractivity contribution is -0.134. The summed E-state index contributed by atoms with van der Waals surface area (Å²) < 4.78 is 14.4. The summed E-state index contributed by atoms with van der Waals surface area (Å²) in [7, 11) is 0. The third-order valence-corrected chi connectivity index (χ3v) is 6.93. The number of aliphatic hydroxyl groups excluding tert-OH is 2. The Bertz CT molecular complexity index is 1080. The molecule has 5 atom stereocenters. The van der Waals surface area contributed by atoms with Crippen molar-refractivity contribution < 1.29 is 24.5 Å². The summed E-state index contributed by atoms with van der Waals surface area (Å²) in [6.07, 6.45) is -0.549. The maximum atomic E-state index is 13.4. The normalized spacial score (nSPS) is 36.4. The molecule has 2 bridgehead atoms. The van der Waals surface area contributed by atoms with E-state index in [1.807, 2.05) is 6.07 Å². The van der Waals surface area contributed by atoms with Crippen molar-refractivity contribution in [3.8, 4) is 6.07 Å². The van der Waals surface area contributed by atoms with Gasteiger partial charge >= 0.3 is 0 Å². The quantitative estimate of drug-likeness (QED) is 0.704. The monoisotopic (exact) mass is 400 g/mol. The number of ether oxygens (including phenoxy) is 1. The second-order valence-corrected chi connectivity index (χ2v) is 8.25. The number of hydrogen-bond acceptors (Lipinski definition) is 9. The van der Waals surface area contributed by atoms with Gasteiger partial charge in [-0.25, -0.2) is 4.90 Å². The van der Waals surface area contributed by atoms with Gasteiger partial charge in [0.2, 0.25) is 11.8 Å². The highest BCUT2D eigenvalue weighted by Gasteiger charge is 2.76. The molecule has 28 heavy (non-hydrogen) atoms. The highest BCUT2D eigenvalue weighted by Crippen LogP contribution is 2.62. The molecule has 2 N–H and O–H groups in total. The number of carbonyl (C=O) groups is 2. The van der Waals surface area contributed by atoms with Crippen molar-refractivity contribution in [3.05, 3.63) is 17.7 Å². The number of carbonyl (C=O) groups excluding carboxylic acids is 2. The van der Waals surface area contributed by atoms with Crippen LogP contribution in [-0.2, 0) is 14.3 Å². The van der Waals surface area contributed by atoms with Crippen molar-refractivity contribution in [2.45, 2.75) is 37.1 Å². The molecule has 3 aliphatic rings. The van der Waals surface area contributed by atoms with E-state index in [1.165, 1.54) is 12.1 Å². The molecule has 0 spiro atoms. The summed E-state index contributed by atoms with van der Waals surface area (Å²) in [5.74, 6) is -2.52. The van der Waals surface area contributed by atoms with Crippen LogP contribution in [-0.4, -0.2) is 54.7 Å². The Morgan fingerprint density at radius 2 is 2.04 bits per heavy atom. The minimum Gasteiger partial charge on any atom is -0.396 e. The van der Waals surface area contributed by atoms with Gasteiger partial charge in [0.05, 0.1) is 46.5 Å². The molecule has 0 saturated carbocycles. The fraction of sp³-hybridized carbons (Fsp3) is 0.500. The molecule has 5 rings (SSSR count). The molecule has 2 amide bonds. The zero-order chi connectivity index (χ0) is 19.8. The number of aromatic nitrogens is 2. The van der Waals surface area contributed by atoms with Crippen molar-refractivity contribution >= 4 is 40.3 Å². The highest BCUT2D eigenvalue weighted by molar-refractivity contribution is 7.00. The number of hydrogen-bond donors (Lipinski definition) is 2. The van der Waals surface area contributed by atoms with E-state index in [2.05, 4.69) is 8.75 Å². The lowest BCUT2D eigenvalue weighted by atomic mass is 9.66. The van der Waals surface area contributed by atoms with E-state index in [-0.39, 0.29) is 25.1 Å². The Kier molecular flexibility index (Phi) is 3.49. The topological polar surface area (TPSA) is 137 Å². The van der Waals surface area contributed by atoms with Gasteiger partial charge in [-0.05, 0) is 19.1 Å². The number of anilines is 1. The van der Waals surface area contributed by atoms with E-state index in [9.17, 15) is 25.1 Å². The molecular weight excluding hydrogens is 384 g/mol. The Morgan fingerprint density at radius 3 is 2.75 bits per heavy atom. The first kappa shape index (κ1) is 17.6. The van der Waals surface area contributed by atoms with Crippen LogP contribution >= 0.6 is 11.7 Å². The van der Waals surface area contributed by atoms with Crippen LogP contribution in [0.15, 0.2) is 12.1 Å². The lowest BCUT2D eigenvalue weighted by Gasteiger charge is -2.33. The van der Waals surface area contributed by atoms with Crippen molar-refractivity contribution in [2.75, 3.05) is 11.5 Å². The third-order valence-electron chi connectivity index (χ3n) is 6.40. The average Bonchev–Trinajstić information content (AvgIpc) is 3.35. The van der Waals surface area contributed by atoms with Gasteiger partial charge in [-0.15, -0.1) is 0 Å². The standard InChI is InChI=1S/C18H16N4O5S/c1-17-10(24)6-18(27-17,4-5-23)12-11(17)15(25)22(16(12)26)9-3-2-8(7-19)13-14(9)21-28-20-13/h2-3,10-12,23-24H,4-6H2,1H3/t10-,11-,12+,17-,18+/m0/s1. The van der Waals surface area contributed by atoms with E-state index in [0.29, 0.717) is 16.6 Å². The zero-order valence-corrected chi connectivity index (χ0v) is 15.6.